The van der Waals surface area contributed by atoms with Gasteiger partial charge in [-0.1, -0.05) is 50.3 Å². The second kappa shape index (κ2) is 13.7. The number of unbranched alkanes of at least 4 members (excludes halogenated alkanes) is 6. The Hall–Kier alpha value is -1.54. The molecule has 0 radical (unpaired) electrons. The molecule has 1 heterocycles. The SMILES string of the molecule is NCCCNCCCCCCCCCC(=O)c1cc(S(=O)(=O)c2ccccc2)cs1. The average Bonchev–Trinajstić information content (AvgIpc) is 3.26. The van der Waals surface area contributed by atoms with Crippen LogP contribution in [0.5, 0.6) is 0 Å². The maximum atomic E-state index is 12.6. The molecule has 1 aromatic carbocycles. The second-order valence-corrected chi connectivity index (χ2v) is 10.4. The molecule has 0 aliphatic carbocycles. The first-order valence-electron chi connectivity index (χ1n) is 10.9. The quantitative estimate of drug-likeness (QED) is 0.283. The minimum absolute atomic E-state index is 0.0399. The molecule has 5 nitrogen and oxygen atoms in total. The molecule has 0 atom stereocenters. The summed E-state index contributed by atoms with van der Waals surface area (Å²) in [5.41, 5.74) is 5.46. The van der Waals surface area contributed by atoms with Crippen molar-refractivity contribution in [2.75, 3.05) is 19.6 Å². The third-order valence-electron chi connectivity index (χ3n) is 5.03. The second-order valence-electron chi connectivity index (χ2n) is 7.50. The highest BCUT2D eigenvalue weighted by molar-refractivity contribution is 7.91. The van der Waals surface area contributed by atoms with Gasteiger partial charge in [-0.25, -0.2) is 8.42 Å². The highest BCUT2D eigenvalue weighted by Gasteiger charge is 2.20. The Labute approximate surface area is 185 Å². The number of rotatable bonds is 16. The number of thiophene rings is 1. The van der Waals surface area contributed by atoms with Gasteiger partial charge in [0.1, 0.15) is 0 Å². The lowest BCUT2D eigenvalue weighted by atomic mass is 10.1. The van der Waals surface area contributed by atoms with Crippen molar-refractivity contribution in [1.29, 1.82) is 0 Å². The topological polar surface area (TPSA) is 89.3 Å². The van der Waals surface area contributed by atoms with Crippen LogP contribution in [0.1, 0.15) is 67.5 Å². The van der Waals surface area contributed by atoms with Crippen molar-refractivity contribution in [3.63, 3.8) is 0 Å². The Morgan fingerprint density at radius 2 is 1.50 bits per heavy atom. The zero-order valence-electron chi connectivity index (χ0n) is 17.6. The molecule has 2 aromatic rings. The Morgan fingerprint density at radius 1 is 0.867 bits per heavy atom. The summed E-state index contributed by atoms with van der Waals surface area (Å²) in [5, 5.41) is 4.96. The Kier molecular flexibility index (Phi) is 11.3. The van der Waals surface area contributed by atoms with E-state index < -0.39 is 9.84 Å². The third kappa shape index (κ3) is 8.30. The first kappa shape index (κ1) is 24.7. The lowest BCUT2D eigenvalue weighted by Gasteiger charge is -2.04. The predicted molar refractivity (Wildman–Crippen MR) is 124 cm³/mol. The first-order chi connectivity index (χ1) is 14.6. The van der Waals surface area contributed by atoms with Crippen molar-refractivity contribution in [3.8, 4) is 0 Å². The summed E-state index contributed by atoms with van der Waals surface area (Å²) < 4.78 is 25.3. The summed E-state index contributed by atoms with van der Waals surface area (Å²) in [4.78, 5) is 13.4. The molecular weight excluding hydrogens is 416 g/mol. The number of Topliss-reactive ketones (excluding diaryl/α,β-unsaturated/α-hetero) is 1. The molecule has 0 aliphatic rings. The summed E-state index contributed by atoms with van der Waals surface area (Å²) in [6, 6.07) is 9.86. The molecule has 0 spiro atoms. The van der Waals surface area contributed by atoms with Crippen LogP contribution in [0.3, 0.4) is 0 Å². The van der Waals surface area contributed by atoms with E-state index in [2.05, 4.69) is 5.32 Å². The molecule has 0 aliphatic heterocycles. The van der Waals surface area contributed by atoms with Crippen molar-refractivity contribution in [3.05, 3.63) is 46.7 Å². The fourth-order valence-corrected chi connectivity index (χ4v) is 5.76. The Morgan fingerprint density at radius 3 is 2.20 bits per heavy atom. The standard InChI is InChI=1S/C23H34N2O3S2/c24-15-11-17-25-16-10-5-3-1-2-4-9-14-22(26)23-18-21(19-29-23)30(27,28)20-12-7-6-8-13-20/h6-8,12-13,18-19,25H,1-5,9-11,14-17,24H2. The van der Waals surface area contributed by atoms with Crippen molar-refractivity contribution in [2.24, 2.45) is 5.73 Å². The van der Waals surface area contributed by atoms with Crippen LogP contribution in [0.25, 0.3) is 0 Å². The van der Waals surface area contributed by atoms with Gasteiger partial charge in [-0.3, -0.25) is 4.79 Å². The van der Waals surface area contributed by atoms with Crippen LogP contribution in [-0.4, -0.2) is 33.8 Å². The largest absolute Gasteiger partial charge is 0.330 e. The lowest BCUT2D eigenvalue weighted by molar-refractivity contribution is 0.0983. The van der Waals surface area contributed by atoms with Crippen LogP contribution in [0.15, 0.2) is 51.6 Å². The van der Waals surface area contributed by atoms with Gasteiger partial charge < -0.3 is 11.1 Å². The predicted octanol–water partition coefficient (Wildman–Crippen LogP) is 4.82. The molecule has 1 aromatic heterocycles. The number of carbonyl (C=O) groups excluding carboxylic acids is 1. The van der Waals surface area contributed by atoms with E-state index in [1.807, 2.05) is 0 Å². The van der Waals surface area contributed by atoms with Gasteiger partial charge in [0.25, 0.3) is 0 Å². The van der Waals surface area contributed by atoms with Crippen molar-refractivity contribution < 1.29 is 13.2 Å². The van der Waals surface area contributed by atoms with Gasteiger partial charge in [0.15, 0.2) is 5.78 Å². The molecule has 0 unspecified atom stereocenters. The molecule has 30 heavy (non-hydrogen) atoms. The Balaban J connectivity index is 1.61. The van der Waals surface area contributed by atoms with Crippen LogP contribution in [0.2, 0.25) is 0 Å². The minimum Gasteiger partial charge on any atom is -0.330 e. The van der Waals surface area contributed by atoms with E-state index in [1.54, 1.807) is 35.7 Å². The lowest BCUT2D eigenvalue weighted by Crippen LogP contribution is -2.19. The molecule has 7 heteroatoms. The fraction of sp³-hybridized carbons (Fsp3) is 0.522. The summed E-state index contributed by atoms with van der Waals surface area (Å²) in [7, 11) is -3.55. The molecular formula is C23H34N2O3S2. The zero-order valence-corrected chi connectivity index (χ0v) is 19.3. The van der Waals surface area contributed by atoms with Crippen LogP contribution in [0.4, 0.5) is 0 Å². The van der Waals surface area contributed by atoms with E-state index in [-0.39, 0.29) is 15.6 Å². The highest BCUT2D eigenvalue weighted by atomic mass is 32.2. The van der Waals surface area contributed by atoms with Crippen molar-refractivity contribution in [2.45, 2.75) is 67.6 Å². The van der Waals surface area contributed by atoms with Crippen LogP contribution in [0, 0.1) is 0 Å². The molecule has 0 amide bonds. The van der Waals surface area contributed by atoms with Gasteiger partial charge in [0, 0.05) is 11.8 Å². The number of nitrogens with two attached hydrogens (primary N) is 1. The minimum atomic E-state index is -3.55. The van der Waals surface area contributed by atoms with Crippen LogP contribution in [-0.2, 0) is 9.84 Å². The molecule has 0 fully saturated rings. The van der Waals surface area contributed by atoms with E-state index in [0.717, 1.165) is 45.3 Å². The van der Waals surface area contributed by atoms with Gasteiger partial charge in [-0.15, -0.1) is 11.3 Å². The summed E-state index contributed by atoms with van der Waals surface area (Å²) in [6.07, 6.45) is 9.45. The number of sulfone groups is 1. The molecule has 2 rings (SSSR count). The van der Waals surface area contributed by atoms with Gasteiger partial charge >= 0.3 is 0 Å². The monoisotopic (exact) mass is 450 g/mol. The van der Waals surface area contributed by atoms with Crippen LogP contribution < -0.4 is 11.1 Å². The summed E-state index contributed by atoms with van der Waals surface area (Å²) >= 11 is 1.22. The molecule has 0 bridgehead atoms. The van der Waals surface area contributed by atoms with E-state index in [4.69, 9.17) is 5.73 Å². The van der Waals surface area contributed by atoms with Crippen LogP contribution >= 0.6 is 11.3 Å². The van der Waals surface area contributed by atoms with Crippen molar-refractivity contribution in [1.82, 2.24) is 5.32 Å². The number of nitrogens with one attached hydrogen (secondary N) is 1. The van der Waals surface area contributed by atoms with E-state index in [1.165, 1.54) is 43.1 Å². The maximum absolute atomic E-state index is 12.6. The highest BCUT2D eigenvalue weighted by Crippen LogP contribution is 2.26. The Bertz CT molecular complexity index is 848. The van der Waals surface area contributed by atoms with Gasteiger partial charge in [-0.2, -0.15) is 0 Å². The molecule has 166 valence electrons. The fourth-order valence-electron chi connectivity index (χ4n) is 3.24. The number of benzene rings is 1. The third-order valence-corrected chi connectivity index (χ3v) is 7.90. The van der Waals surface area contributed by atoms with E-state index in [9.17, 15) is 13.2 Å². The number of ketones is 1. The smallest absolute Gasteiger partial charge is 0.207 e. The number of hydrogen-bond acceptors (Lipinski definition) is 6. The van der Waals surface area contributed by atoms with Gasteiger partial charge in [0.2, 0.25) is 9.84 Å². The zero-order chi connectivity index (χ0) is 21.7. The van der Waals surface area contributed by atoms with E-state index in [0.29, 0.717) is 11.3 Å². The number of carbonyl (C=O) groups is 1. The summed E-state index contributed by atoms with van der Waals surface area (Å²) in [6.45, 7) is 2.82. The first-order valence-corrected chi connectivity index (χ1v) is 13.2. The van der Waals surface area contributed by atoms with Crippen molar-refractivity contribution >= 4 is 27.0 Å². The molecule has 3 N–H and O–H groups in total. The number of hydrogen-bond donors (Lipinski definition) is 2. The van der Waals surface area contributed by atoms with E-state index >= 15 is 0 Å². The molecule has 0 saturated heterocycles. The van der Waals surface area contributed by atoms with Gasteiger partial charge in [0.05, 0.1) is 14.7 Å². The molecule has 0 saturated carbocycles. The maximum Gasteiger partial charge on any atom is 0.207 e. The summed E-state index contributed by atoms with van der Waals surface area (Å²) in [5.74, 6) is 0.0399. The normalized spacial score (nSPS) is 11.6. The van der Waals surface area contributed by atoms with Gasteiger partial charge in [-0.05, 0) is 57.1 Å². The average molecular weight is 451 g/mol.